The van der Waals surface area contributed by atoms with Gasteiger partial charge in [-0.2, -0.15) is 5.10 Å². The maximum atomic E-state index is 12.5. The van der Waals surface area contributed by atoms with Crippen molar-refractivity contribution in [3.63, 3.8) is 0 Å². The fourth-order valence-electron chi connectivity index (χ4n) is 2.59. The summed E-state index contributed by atoms with van der Waals surface area (Å²) in [5.74, 6) is 5.04. The van der Waals surface area contributed by atoms with Gasteiger partial charge in [-0.05, 0) is 30.6 Å². The molecular formula is C21H25N5O2S. The van der Waals surface area contributed by atoms with Crippen molar-refractivity contribution < 1.29 is 9.59 Å². The molecule has 0 unspecified atom stereocenters. The number of carbonyl (C=O) groups is 2. The number of Topliss-reactive ketones (excluding diaryl/α,β-unsaturated/α-hetero) is 1. The van der Waals surface area contributed by atoms with Gasteiger partial charge in [-0.3, -0.25) is 20.4 Å². The predicted molar refractivity (Wildman–Crippen MR) is 118 cm³/mol. The van der Waals surface area contributed by atoms with Crippen molar-refractivity contribution in [3.8, 4) is 0 Å². The van der Waals surface area contributed by atoms with Crippen LogP contribution in [0.4, 0.5) is 0 Å². The Hall–Kier alpha value is -3.10. The van der Waals surface area contributed by atoms with Crippen molar-refractivity contribution in [1.82, 2.24) is 16.2 Å². The first-order valence-electron chi connectivity index (χ1n) is 9.29. The summed E-state index contributed by atoms with van der Waals surface area (Å²) in [5, 5.41) is 7.16. The zero-order valence-electron chi connectivity index (χ0n) is 16.1. The molecule has 0 aliphatic heterocycles. The fraction of sp³-hybridized carbons (Fsp3) is 0.238. The van der Waals surface area contributed by atoms with Crippen LogP contribution in [0.1, 0.15) is 35.2 Å². The molecule has 0 fully saturated rings. The van der Waals surface area contributed by atoms with E-state index in [4.69, 9.17) is 18.1 Å². The lowest BCUT2D eigenvalue weighted by Gasteiger charge is -2.09. The number of hydrogen-bond acceptors (Lipinski definition) is 5. The van der Waals surface area contributed by atoms with Gasteiger partial charge in [0.05, 0.1) is 6.42 Å². The van der Waals surface area contributed by atoms with E-state index in [0.717, 1.165) is 12.0 Å². The van der Waals surface area contributed by atoms with Crippen LogP contribution in [-0.2, 0) is 11.2 Å². The van der Waals surface area contributed by atoms with E-state index in [1.54, 1.807) is 24.3 Å². The molecule has 0 aromatic heterocycles. The molecule has 0 radical (unpaired) electrons. The molecule has 152 valence electrons. The van der Waals surface area contributed by atoms with Gasteiger partial charge in [0.1, 0.15) is 0 Å². The predicted octanol–water partition coefficient (Wildman–Crippen LogP) is 2.09. The summed E-state index contributed by atoms with van der Waals surface area (Å²) in [6, 6.07) is 18.9. The van der Waals surface area contributed by atoms with Crippen LogP contribution in [0.15, 0.2) is 65.8 Å². The Morgan fingerprint density at radius 2 is 1.62 bits per heavy atom. The maximum absolute atomic E-state index is 12.5. The first kappa shape index (κ1) is 22.2. The third-order valence-corrected chi connectivity index (χ3v) is 4.34. The van der Waals surface area contributed by atoms with Crippen LogP contribution in [-0.4, -0.2) is 29.1 Å². The van der Waals surface area contributed by atoms with E-state index in [9.17, 15) is 9.59 Å². The Morgan fingerprint density at radius 1 is 0.966 bits per heavy atom. The van der Waals surface area contributed by atoms with Gasteiger partial charge in [0.15, 0.2) is 5.78 Å². The van der Waals surface area contributed by atoms with Crippen molar-refractivity contribution in [1.29, 1.82) is 0 Å². The zero-order chi connectivity index (χ0) is 20.9. The first-order chi connectivity index (χ1) is 14.1. The lowest BCUT2D eigenvalue weighted by molar-refractivity contribution is -0.120. The third kappa shape index (κ3) is 8.63. The zero-order valence-corrected chi connectivity index (χ0v) is 16.9. The van der Waals surface area contributed by atoms with Crippen molar-refractivity contribution in [2.45, 2.75) is 25.7 Å². The summed E-state index contributed by atoms with van der Waals surface area (Å²) in [6.45, 7) is 0.553. The number of hydrazine groups is 1. The van der Waals surface area contributed by atoms with E-state index in [2.05, 4.69) is 21.3 Å². The summed E-state index contributed by atoms with van der Waals surface area (Å²) in [4.78, 5) is 24.6. The summed E-state index contributed by atoms with van der Waals surface area (Å²) >= 11 is 4.90. The Balaban J connectivity index is 1.86. The van der Waals surface area contributed by atoms with Crippen LogP contribution in [0.3, 0.4) is 0 Å². The van der Waals surface area contributed by atoms with Crippen molar-refractivity contribution in [2.24, 2.45) is 10.9 Å². The van der Waals surface area contributed by atoms with E-state index in [1.165, 1.54) is 0 Å². The second kappa shape index (κ2) is 12.4. The van der Waals surface area contributed by atoms with Gasteiger partial charge < -0.3 is 5.32 Å². The minimum absolute atomic E-state index is 0.0812. The molecule has 0 aliphatic rings. The van der Waals surface area contributed by atoms with E-state index >= 15 is 0 Å². The third-order valence-electron chi connectivity index (χ3n) is 4.13. The molecule has 7 nitrogen and oxygen atoms in total. The van der Waals surface area contributed by atoms with E-state index < -0.39 is 0 Å². The number of nitrogens with two attached hydrogens (primary N) is 1. The summed E-state index contributed by atoms with van der Waals surface area (Å²) in [6.07, 6.45) is 1.40. The molecule has 29 heavy (non-hydrogen) atoms. The normalized spacial score (nSPS) is 10.9. The lowest BCUT2D eigenvalue weighted by atomic mass is 10.0. The lowest BCUT2D eigenvalue weighted by Crippen LogP contribution is -2.37. The van der Waals surface area contributed by atoms with Crippen LogP contribution in [0, 0.1) is 0 Å². The highest BCUT2D eigenvalue weighted by Gasteiger charge is 2.12. The molecule has 0 bridgehead atoms. The standard InChI is InChI=1S/C21H25N5O2S/c22-24-21(29)26-25-18(15-19(27)17-9-5-2-6-10-17)11-12-20(28)23-14-13-16-7-3-1-4-8-16/h1-10H,11-15,22H2,(H,23,28)(H2,24,26,29). The maximum Gasteiger partial charge on any atom is 0.220 e. The van der Waals surface area contributed by atoms with Crippen LogP contribution in [0.25, 0.3) is 0 Å². The topological polar surface area (TPSA) is 109 Å². The highest BCUT2D eigenvalue weighted by Crippen LogP contribution is 2.07. The molecule has 2 aromatic carbocycles. The number of hydrogen-bond donors (Lipinski definition) is 4. The summed E-state index contributed by atoms with van der Waals surface area (Å²) in [5.41, 5.74) is 7.11. The molecular weight excluding hydrogens is 386 g/mol. The van der Waals surface area contributed by atoms with Crippen molar-refractivity contribution in [3.05, 3.63) is 71.8 Å². The number of nitrogens with one attached hydrogen (secondary N) is 3. The van der Waals surface area contributed by atoms with Crippen LogP contribution in [0.5, 0.6) is 0 Å². The molecule has 1 amide bonds. The number of rotatable bonds is 10. The number of ketones is 1. The van der Waals surface area contributed by atoms with Crippen molar-refractivity contribution >= 4 is 34.7 Å². The molecule has 0 heterocycles. The first-order valence-corrected chi connectivity index (χ1v) is 9.70. The van der Waals surface area contributed by atoms with Crippen LogP contribution < -0.4 is 22.0 Å². The van der Waals surface area contributed by atoms with Gasteiger partial charge in [0, 0.05) is 24.2 Å². The van der Waals surface area contributed by atoms with Gasteiger partial charge in [0.2, 0.25) is 11.0 Å². The average Bonchev–Trinajstić information content (AvgIpc) is 2.76. The van der Waals surface area contributed by atoms with Gasteiger partial charge in [-0.25, -0.2) is 5.84 Å². The molecule has 0 saturated heterocycles. The number of benzene rings is 2. The molecule has 8 heteroatoms. The minimum Gasteiger partial charge on any atom is -0.356 e. The Labute approximate surface area is 175 Å². The van der Waals surface area contributed by atoms with E-state index in [-0.39, 0.29) is 29.6 Å². The Kier molecular flexibility index (Phi) is 9.47. The minimum atomic E-state index is -0.0969. The number of nitrogens with zero attached hydrogens (tertiary/aromatic N) is 1. The molecule has 0 aliphatic carbocycles. The summed E-state index contributed by atoms with van der Waals surface area (Å²) in [7, 11) is 0. The van der Waals surface area contributed by atoms with Crippen LogP contribution in [0.2, 0.25) is 0 Å². The van der Waals surface area contributed by atoms with Gasteiger partial charge in [-0.15, -0.1) is 0 Å². The number of thiocarbonyl (C=S) groups is 1. The molecule has 0 atom stereocenters. The summed E-state index contributed by atoms with van der Waals surface area (Å²) < 4.78 is 0. The number of hydrazone groups is 1. The van der Waals surface area contributed by atoms with E-state index in [1.807, 2.05) is 36.4 Å². The van der Waals surface area contributed by atoms with Gasteiger partial charge >= 0.3 is 0 Å². The van der Waals surface area contributed by atoms with Gasteiger partial charge in [0.25, 0.3) is 0 Å². The fourth-order valence-corrected chi connectivity index (χ4v) is 2.64. The Morgan fingerprint density at radius 3 is 2.28 bits per heavy atom. The SMILES string of the molecule is NNC(=S)NN=C(CCC(=O)NCCc1ccccc1)CC(=O)c1ccccc1. The molecule has 5 N–H and O–H groups in total. The smallest absolute Gasteiger partial charge is 0.220 e. The number of amides is 1. The quantitative estimate of drug-likeness (QED) is 0.157. The van der Waals surface area contributed by atoms with Crippen molar-refractivity contribution in [2.75, 3.05) is 6.54 Å². The second-order valence-corrected chi connectivity index (χ2v) is 6.72. The average molecular weight is 412 g/mol. The highest BCUT2D eigenvalue weighted by atomic mass is 32.1. The number of carbonyl (C=O) groups excluding carboxylic acids is 2. The largest absolute Gasteiger partial charge is 0.356 e. The Bertz CT molecular complexity index is 841. The van der Waals surface area contributed by atoms with E-state index in [0.29, 0.717) is 24.2 Å². The molecule has 2 aromatic rings. The second-order valence-electron chi connectivity index (χ2n) is 6.31. The molecule has 0 saturated carbocycles. The molecule has 0 spiro atoms. The molecule has 2 rings (SSSR count). The van der Waals surface area contributed by atoms with Crippen LogP contribution >= 0.6 is 12.2 Å². The van der Waals surface area contributed by atoms with Gasteiger partial charge in [-0.1, -0.05) is 60.7 Å². The monoisotopic (exact) mass is 411 g/mol. The highest BCUT2D eigenvalue weighted by molar-refractivity contribution is 7.80.